The Hall–Kier alpha value is -1.93. The SMILES string of the molecule is CCOC(=O)c1c(NC(=S)NCc2ccnn2CC)sc2c1CCCCCC2. The molecular weight excluding hydrogens is 392 g/mol. The molecule has 6 nitrogen and oxygen atoms in total. The fourth-order valence-corrected chi connectivity index (χ4v) is 5.06. The highest BCUT2D eigenvalue weighted by atomic mass is 32.1. The zero-order valence-electron chi connectivity index (χ0n) is 16.5. The molecule has 0 spiro atoms. The average molecular weight is 421 g/mol. The predicted molar refractivity (Wildman–Crippen MR) is 117 cm³/mol. The van der Waals surface area contributed by atoms with Crippen molar-refractivity contribution in [2.75, 3.05) is 11.9 Å². The molecule has 2 N–H and O–H groups in total. The van der Waals surface area contributed by atoms with Crippen LogP contribution in [0.25, 0.3) is 0 Å². The number of rotatable bonds is 6. The van der Waals surface area contributed by atoms with Gasteiger partial charge in [0.05, 0.1) is 24.4 Å². The number of fused-ring (bicyclic) bond motifs is 1. The Morgan fingerprint density at radius 1 is 1.29 bits per heavy atom. The van der Waals surface area contributed by atoms with E-state index in [-0.39, 0.29) is 5.97 Å². The lowest BCUT2D eigenvalue weighted by Gasteiger charge is -2.13. The Morgan fingerprint density at radius 3 is 2.82 bits per heavy atom. The number of ether oxygens (including phenoxy) is 1. The van der Waals surface area contributed by atoms with Crippen LogP contribution in [0.2, 0.25) is 0 Å². The molecule has 2 aromatic heterocycles. The summed E-state index contributed by atoms with van der Waals surface area (Å²) < 4.78 is 7.28. The molecule has 0 atom stereocenters. The van der Waals surface area contributed by atoms with Crippen LogP contribution in [-0.4, -0.2) is 27.5 Å². The molecule has 0 aliphatic heterocycles. The van der Waals surface area contributed by atoms with Gasteiger partial charge in [0.15, 0.2) is 5.11 Å². The van der Waals surface area contributed by atoms with Crippen molar-refractivity contribution in [3.05, 3.63) is 34.0 Å². The number of thiophene rings is 1. The molecule has 28 heavy (non-hydrogen) atoms. The van der Waals surface area contributed by atoms with Crippen molar-refractivity contribution in [2.24, 2.45) is 0 Å². The summed E-state index contributed by atoms with van der Waals surface area (Å²) in [4.78, 5) is 14.0. The molecule has 0 saturated carbocycles. The van der Waals surface area contributed by atoms with Crippen LogP contribution in [-0.2, 0) is 30.7 Å². The minimum absolute atomic E-state index is 0.255. The first-order chi connectivity index (χ1) is 13.6. The molecule has 3 rings (SSSR count). The summed E-state index contributed by atoms with van der Waals surface area (Å²) in [6, 6.07) is 1.97. The van der Waals surface area contributed by atoms with Crippen LogP contribution in [0.4, 0.5) is 5.00 Å². The normalized spacial score (nSPS) is 13.9. The summed E-state index contributed by atoms with van der Waals surface area (Å²) in [5.41, 5.74) is 2.89. The van der Waals surface area contributed by atoms with Crippen LogP contribution in [0.5, 0.6) is 0 Å². The van der Waals surface area contributed by atoms with E-state index in [2.05, 4.69) is 22.7 Å². The molecule has 0 bridgehead atoms. The fourth-order valence-electron chi connectivity index (χ4n) is 3.54. The summed E-state index contributed by atoms with van der Waals surface area (Å²) >= 11 is 7.14. The zero-order chi connectivity index (χ0) is 19.9. The minimum Gasteiger partial charge on any atom is -0.462 e. The van der Waals surface area contributed by atoms with E-state index in [0.717, 1.165) is 42.1 Å². The van der Waals surface area contributed by atoms with Crippen molar-refractivity contribution in [2.45, 2.75) is 65.5 Å². The number of esters is 1. The van der Waals surface area contributed by atoms with Crippen molar-refractivity contribution >= 4 is 39.6 Å². The second-order valence-electron chi connectivity index (χ2n) is 6.79. The molecule has 152 valence electrons. The summed E-state index contributed by atoms with van der Waals surface area (Å²) in [5.74, 6) is -0.255. The van der Waals surface area contributed by atoms with Gasteiger partial charge in [-0.25, -0.2) is 4.79 Å². The van der Waals surface area contributed by atoms with Gasteiger partial charge in [-0.15, -0.1) is 11.3 Å². The first-order valence-electron chi connectivity index (χ1n) is 10.0. The van der Waals surface area contributed by atoms with Crippen molar-refractivity contribution < 1.29 is 9.53 Å². The molecule has 0 radical (unpaired) electrons. The third-order valence-electron chi connectivity index (χ3n) is 4.91. The monoisotopic (exact) mass is 420 g/mol. The van der Waals surface area contributed by atoms with E-state index >= 15 is 0 Å². The summed E-state index contributed by atoms with van der Waals surface area (Å²) in [7, 11) is 0. The summed E-state index contributed by atoms with van der Waals surface area (Å²) in [6.45, 7) is 5.66. The van der Waals surface area contributed by atoms with Crippen LogP contribution in [0, 0.1) is 0 Å². The van der Waals surface area contributed by atoms with Crippen LogP contribution in [0.1, 0.15) is 66.0 Å². The smallest absolute Gasteiger partial charge is 0.341 e. The lowest BCUT2D eigenvalue weighted by atomic mass is 9.96. The number of thiocarbonyl (C=S) groups is 1. The van der Waals surface area contributed by atoms with E-state index in [1.165, 1.54) is 24.1 Å². The van der Waals surface area contributed by atoms with Gasteiger partial charge in [0.1, 0.15) is 5.00 Å². The highest BCUT2D eigenvalue weighted by molar-refractivity contribution is 7.80. The first-order valence-corrected chi connectivity index (χ1v) is 11.2. The lowest BCUT2D eigenvalue weighted by molar-refractivity contribution is 0.0526. The van der Waals surface area contributed by atoms with Gasteiger partial charge in [0, 0.05) is 17.6 Å². The van der Waals surface area contributed by atoms with Gasteiger partial charge < -0.3 is 15.4 Å². The lowest BCUT2D eigenvalue weighted by Crippen LogP contribution is -2.29. The molecule has 8 heteroatoms. The largest absolute Gasteiger partial charge is 0.462 e. The zero-order valence-corrected chi connectivity index (χ0v) is 18.2. The Labute approximate surface area is 175 Å². The van der Waals surface area contributed by atoms with Crippen LogP contribution >= 0.6 is 23.6 Å². The highest BCUT2D eigenvalue weighted by Crippen LogP contribution is 2.37. The van der Waals surface area contributed by atoms with Crippen molar-refractivity contribution in [1.29, 1.82) is 0 Å². The number of hydrogen-bond acceptors (Lipinski definition) is 5. The standard InChI is InChI=1S/C20H28N4O2S2/c1-3-24-14(11-12-22-24)13-21-20(27)23-18-17(19(25)26-4-2)15-9-7-5-6-8-10-16(15)28-18/h11-12H,3-10,13H2,1-2H3,(H2,21,23,27). The van der Waals surface area contributed by atoms with Crippen LogP contribution in [0.3, 0.4) is 0 Å². The van der Waals surface area contributed by atoms with Crippen LogP contribution < -0.4 is 10.6 Å². The number of aryl methyl sites for hydroxylation is 2. The first kappa shape index (κ1) is 20.8. The maximum Gasteiger partial charge on any atom is 0.341 e. The molecule has 1 aliphatic rings. The molecule has 0 amide bonds. The van der Waals surface area contributed by atoms with Gasteiger partial charge in [-0.05, 0) is 63.4 Å². The van der Waals surface area contributed by atoms with E-state index in [1.807, 2.05) is 17.7 Å². The van der Waals surface area contributed by atoms with Gasteiger partial charge >= 0.3 is 5.97 Å². The molecule has 0 aromatic carbocycles. The number of carbonyl (C=O) groups excluding carboxylic acids is 1. The molecule has 2 heterocycles. The third kappa shape index (κ3) is 4.91. The Morgan fingerprint density at radius 2 is 2.07 bits per heavy atom. The predicted octanol–water partition coefficient (Wildman–Crippen LogP) is 4.29. The van der Waals surface area contributed by atoms with Crippen molar-refractivity contribution in [1.82, 2.24) is 15.1 Å². The van der Waals surface area contributed by atoms with Gasteiger partial charge in [-0.2, -0.15) is 5.10 Å². The molecule has 0 saturated heterocycles. The number of hydrogen-bond donors (Lipinski definition) is 2. The van der Waals surface area contributed by atoms with Crippen molar-refractivity contribution in [3.8, 4) is 0 Å². The van der Waals surface area contributed by atoms with Crippen molar-refractivity contribution in [3.63, 3.8) is 0 Å². The van der Waals surface area contributed by atoms with Gasteiger partial charge in [-0.3, -0.25) is 4.68 Å². The van der Waals surface area contributed by atoms with Gasteiger partial charge in [0.25, 0.3) is 0 Å². The van der Waals surface area contributed by atoms with E-state index in [0.29, 0.717) is 23.8 Å². The minimum atomic E-state index is -0.255. The quantitative estimate of drug-likeness (QED) is 0.537. The van der Waals surface area contributed by atoms with Crippen LogP contribution in [0.15, 0.2) is 12.3 Å². The van der Waals surface area contributed by atoms with E-state index < -0.39 is 0 Å². The second kappa shape index (κ2) is 10.0. The number of carbonyl (C=O) groups is 1. The molecule has 1 aliphatic carbocycles. The summed E-state index contributed by atoms with van der Waals surface area (Å²) in [5, 5.41) is 12.1. The van der Waals surface area contributed by atoms with E-state index in [9.17, 15) is 4.79 Å². The molecule has 2 aromatic rings. The number of anilines is 1. The molecule has 0 fully saturated rings. The summed E-state index contributed by atoms with van der Waals surface area (Å²) in [6.07, 6.45) is 8.47. The number of nitrogens with zero attached hydrogens (tertiary/aromatic N) is 2. The topological polar surface area (TPSA) is 68.2 Å². The van der Waals surface area contributed by atoms with E-state index in [4.69, 9.17) is 17.0 Å². The molecule has 0 unspecified atom stereocenters. The molecular formula is C20H28N4O2S2. The maximum absolute atomic E-state index is 12.7. The third-order valence-corrected chi connectivity index (χ3v) is 6.37. The second-order valence-corrected chi connectivity index (χ2v) is 8.30. The number of nitrogens with one attached hydrogen (secondary N) is 2. The Bertz CT molecular complexity index is 828. The Balaban J connectivity index is 1.76. The maximum atomic E-state index is 12.7. The number of aromatic nitrogens is 2. The average Bonchev–Trinajstić information content (AvgIpc) is 3.24. The van der Waals surface area contributed by atoms with Gasteiger partial charge in [-0.1, -0.05) is 12.8 Å². The van der Waals surface area contributed by atoms with Gasteiger partial charge in [0.2, 0.25) is 0 Å². The van der Waals surface area contributed by atoms with E-state index in [1.54, 1.807) is 17.5 Å². The fraction of sp³-hybridized carbons (Fsp3) is 0.550. The highest BCUT2D eigenvalue weighted by Gasteiger charge is 2.25. The Kier molecular flexibility index (Phi) is 7.44.